The maximum absolute atomic E-state index is 13.0. The minimum atomic E-state index is -4.19. The maximum Gasteiger partial charge on any atom is 0.403 e. The molecular formula is C22H33F3N4O. The summed E-state index contributed by atoms with van der Waals surface area (Å²) in [6.45, 7) is 6.61. The van der Waals surface area contributed by atoms with Gasteiger partial charge in [0.15, 0.2) is 5.96 Å². The lowest BCUT2D eigenvalue weighted by molar-refractivity contribution is -0.181. The second-order valence-electron chi connectivity index (χ2n) is 8.27. The Morgan fingerprint density at radius 1 is 1.20 bits per heavy atom. The molecule has 0 aliphatic carbocycles. The Morgan fingerprint density at radius 3 is 2.47 bits per heavy atom. The summed E-state index contributed by atoms with van der Waals surface area (Å²) in [6, 6.07) is 7.07. The molecule has 1 N–H and O–H groups in total. The van der Waals surface area contributed by atoms with Gasteiger partial charge in [0.2, 0.25) is 0 Å². The molecule has 2 fully saturated rings. The number of nitrogens with one attached hydrogen (secondary N) is 1. The van der Waals surface area contributed by atoms with Gasteiger partial charge in [-0.15, -0.1) is 0 Å². The molecule has 30 heavy (non-hydrogen) atoms. The Balaban J connectivity index is 1.55. The van der Waals surface area contributed by atoms with Crippen molar-refractivity contribution in [1.29, 1.82) is 0 Å². The van der Waals surface area contributed by atoms with E-state index >= 15 is 0 Å². The Labute approximate surface area is 177 Å². The van der Waals surface area contributed by atoms with Crippen LogP contribution in [0.1, 0.15) is 37.0 Å². The third-order valence-electron chi connectivity index (χ3n) is 6.22. The van der Waals surface area contributed by atoms with Gasteiger partial charge in [0, 0.05) is 52.3 Å². The summed E-state index contributed by atoms with van der Waals surface area (Å²) in [5, 5.41) is 3.45. The molecule has 2 heterocycles. The average molecular weight is 427 g/mol. The SMILES string of the molecule is CN=C(NCC1CCCOC1c1ccc(C)cc1)N1CCN(C(C)C(F)(F)F)CC1. The van der Waals surface area contributed by atoms with Gasteiger partial charge in [-0.2, -0.15) is 13.2 Å². The fourth-order valence-corrected chi connectivity index (χ4v) is 4.26. The molecule has 8 heteroatoms. The number of halogens is 3. The highest BCUT2D eigenvalue weighted by molar-refractivity contribution is 5.80. The predicted octanol–water partition coefficient (Wildman–Crippen LogP) is 3.61. The number of aryl methyl sites for hydroxylation is 1. The Morgan fingerprint density at radius 2 is 1.87 bits per heavy atom. The maximum atomic E-state index is 13.0. The number of benzene rings is 1. The van der Waals surface area contributed by atoms with Crippen molar-refractivity contribution in [3.05, 3.63) is 35.4 Å². The van der Waals surface area contributed by atoms with Crippen LogP contribution in [-0.2, 0) is 4.74 Å². The van der Waals surface area contributed by atoms with Crippen molar-refractivity contribution in [2.75, 3.05) is 46.4 Å². The van der Waals surface area contributed by atoms with Crippen LogP contribution in [0.2, 0.25) is 0 Å². The van der Waals surface area contributed by atoms with Gasteiger partial charge in [0.1, 0.15) is 6.04 Å². The van der Waals surface area contributed by atoms with E-state index in [1.54, 1.807) is 7.05 Å². The van der Waals surface area contributed by atoms with Gasteiger partial charge in [0.05, 0.1) is 6.10 Å². The highest BCUT2D eigenvalue weighted by Gasteiger charge is 2.41. The van der Waals surface area contributed by atoms with Crippen molar-refractivity contribution in [3.8, 4) is 0 Å². The molecule has 0 amide bonds. The van der Waals surface area contributed by atoms with E-state index in [4.69, 9.17) is 4.74 Å². The molecule has 0 aromatic heterocycles. The minimum Gasteiger partial charge on any atom is -0.373 e. The van der Waals surface area contributed by atoms with Gasteiger partial charge < -0.3 is 15.0 Å². The zero-order valence-electron chi connectivity index (χ0n) is 18.1. The average Bonchev–Trinajstić information content (AvgIpc) is 2.74. The molecular weight excluding hydrogens is 393 g/mol. The monoisotopic (exact) mass is 426 g/mol. The summed E-state index contributed by atoms with van der Waals surface area (Å²) in [5.74, 6) is 1.08. The molecule has 0 radical (unpaired) electrons. The summed E-state index contributed by atoms with van der Waals surface area (Å²) < 4.78 is 45.0. The first kappa shape index (κ1) is 22.9. The number of hydrogen-bond acceptors (Lipinski definition) is 3. The molecule has 168 valence electrons. The lowest BCUT2D eigenvalue weighted by Crippen LogP contribution is -2.57. The zero-order valence-corrected chi connectivity index (χ0v) is 18.1. The molecule has 1 aromatic carbocycles. The molecule has 1 aromatic rings. The van der Waals surface area contributed by atoms with Crippen molar-refractivity contribution in [1.82, 2.24) is 15.1 Å². The van der Waals surface area contributed by atoms with Crippen molar-refractivity contribution < 1.29 is 17.9 Å². The third kappa shape index (κ3) is 5.66. The molecule has 0 bridgehead atoms. The highest BCUT2D eigenvalue weighted by Crippen LogP contribution is 2.33. The van der Waals surface area contributed by atoms with Crippen LogP contribution in [0.25, 0.3) is 0 Å². The number of nitrogens with zero attached hydrogens (tertiary/aromatic N) is 3. The molecule has 2 aliphatic heterocycles. The van der Waals surface area contributed by atoms with Crippen molar-refractivity contribution in [2.45, 2.75) is 45.0 Å². The summed E-state index contributed by atoms with van der Waals surface area (Å²) in [7, 11) is 1.72. The van der Waals surface area contributed by atoms with E-state index < -0.39 is 12.2 Å². The Hall–Kier alpha value is -1.80. The topological polar surface area (TPSA) is 40.1 Å². The van der Waals surface area contributed by atoms with Crippen LogP contribution in [-0.4, -0.2) is 74.4 Å². The first-order valence-corrected chi connectivity index (χ1v) is 10.7. The van der Waals surface area contributed by atoms with Gasteiger partial charge in [0.25, 0.3) is 0 Å². The van der Waals surface area contributed by atoms with Crippen molar-refractivity contribution in [2.24, 2.45) is 10.9 Å². The molecule has 2 aliphatic rings. The number of ether oxygens (including phenoxy) is 1. The number of rotatable bonds is 4. The van der Waals surface area contributed by atoms with Crippen LogP contribution >= 0.6 is 0 Å². The van der Waals surface area contributed by atoms with E-state index in [0.29, 0.717) is 32.1 Å². The Bertz CT molecular complexity index is 699. The number of hydrogen-bond donors (Lipinski definition) is 1. The van der Waals surface area contributed by atoms with E-state index in [0.717, 1.165) is 32.0 Å². The normalized spacial score (nSPS) is 25.3. The highest BCUT2D eigenvalue weighted by atomic mass is 19.4. The summed E-state index contributed by atoms with van der Waals surface area (Å²) in [4.78, 5) is 7.91. The van der Waals surface area contributed by atoms with Gasteiger partial charge in [-0.25, -0.2) is 0 Å². The van der Waals surface area contributed by atoms with Gasteiger partial charge in [-0.1, -0.05) is 29.8 Å². The van der Waals surface area contributed by atoms with Crippen LogP contribution in [0, 0.1) is 12.8 Å². The first-order valence-electron chi connectivity index (χ1n) is 10.7. The van der Waals surface area contributed by atoms with Crippen LogP contribution in [0.4, 0.5) is 13.2 Å². The summed E-state index contributed by atoms with van der Waals surface area (Å²) in [5.41, 5.74) is 2.42. The molecule has 0 saturated carbocycles. The van der Waals surface area contributed by atoms with Crippen LogP contribution in [0.5, 0.6) is 0 Å². The fraction of sp³-hybridized carbons (Fsp3) is 0.682. The molecule has 2 saturated heterocycles. The largest absolute Gasteiger partial charge is 0.403 e. The fourth-order valence-electron chi connectivity index (χ4n) is 4.26. The predicted molar refractivity (Wildman–Crippen MR) is 113 cm³/mol. The summed E-state index contributed by atoms with van der Waals surface area (Å²) in [6.07, 6.45) is -2.04. The van der Waals surface area contributed by atoms with Crippen LogP contribution in [0.15, 0.2) is 29.3 Å². The number of piperazine rings is 1. The van der Waals surface area contributed by atoms with Gasteiger partial charge in [-0.3, -0.25) is 9.89 Å². The second-order valence-corrected chi connectivity index (χ2v) is 8.27. The lowest BCUT2D eigenvalue weighted by atomic mass is 9.89. The smallest absolute Gasteiger partial charge is 0.373 e. The quantitative estimate of drug-likeness (QED) is 0.590. The molecule has 0 spiro atoms. The second kappa shape index (κ2) is 10.0. The van der Waals surface area contributed by atoms with Crippen molar-refractivity contribution in [3.63, 3.8) is 0 Å². The van der Waals surface area contributed by atoms with E-state index in [2.05, 4.69) is 41.5 Å². The van der Waals surface area contributed by atoms with E-state index in [1.807, 2.05) is 4.90 Å². The minimum absolute atomic E-state index is 0.0504. The van der Waals surface area contributed by atoms with Crippen molar-refractivity contribution >= 4 is 5.96 Å². The van der Waals surface area contributed by atoms with Crippen LogP contribution < -0.4 is 5.32 Å². The van der Waals surface area contributed by atoms with E-state index in [-0.39, 0.29) is 6.10 Å². The van der Waals surface area contributed by atoms with Crippen LogP contribution in [0.3, 0.4) is 0 Å². The van der Waals surface area contributed by atoms with E-state index in [1.165, 1.54) is 23.0 Å². The van der Waals surface area contributed by atoms with Gasteiger partial charge in [-0.05, 0) is 32.3 Å². The Kier molecular flexibility index (Phi) is 7.63. The molecule has 5 nitrogen and oxygen atoms in total. The van der Waals surface area contributed by atoms with E-state index in [9.17, 15) is 13.2 Å². The number of guanidine groups is 1. The summed E-state index contributed by atoms with van der Waals surface area (Å²) >= 11 is 0. The molecule has 3 unspecified atom stereocenters. The lowest BCUT2D eigenvalue weighted by Gasteiger charge is -2.40. The third-order valence-corrected chi connectivity index (χ3v) is 6.22. The van der Waals surface area contributed by atoms with Gasteiger partial charge >= 0.3 is 6.18 Å². The zero-order chi connectivity index (χ0) is 21.7. The molecule has 3 atom stereocenters. The number of aliphatic imine (C=N–C) groups is 1. The first-order chi connectivity index (χ1) is 14.3. The standard InChI is InChI=1S/C22H33F3N4O/c1-16-6-8-18(9-7-16)20-19(5-4-14-30-20)15-27-21(26-3)29-12-10-28(11-13-29)17(2)22(23,24)25/h6-9,17,19-20H,4-5,10-15H2,1-3H3,(H,26,27). The number of alkyl halides is 3. The molecule has 3 rings (SSSR count).